The molecule has 6 nitrogen and oxygen atoms in total. The number of benzene rings is 2. The molecule has 1 heterocycles. The highest BCUT2D eigenvalue weighted by atomic mass is 19.1. The fourth-order valence-corrected chi connectivity index (χ4v) is 3.55. The monoisotopic (exact) mass is 427 g/mol. The molecule has 3 rings (SSSR count). The molecule has 2 amide bonds. The van der Waals surface area contributed by atoms with Crippen LogP contribution in [-0.4, -0.2) is 67.0 Å². The van der Waals surface area contributed by atoms with Crippen molar-refractivity contribution in [2.75, 3.05) is 39.4 Å². The van der Waals surface area contributed by atoms with Crippen molar-refractivity contribution in [3.8, 4) is 0 Å². The average Bonchev–Trinajstić information content (AvgIpc) is 2.79. The first kappa shape index (κ1) is 22.9. The minimum Gasteiger partial charge on any atom is -0.379 e. The molecule has 7 heteroatoms. The summed E-state index contributed by atoms with van der Waals surface area (Å²) >= 11 is 0. The van der Waals surface area contributed by atoms with Gasteiger partial charge in [0.15, 0.2) is 0 Å². The zero-order chi connectivity index (χ0) is 22.1. The van der Waals surface area contributed by atoms with E-state index in [1.807, 2.05) is 30.3 Å². The predicted molar refractivity (Wildman–Crippen MR) is 117 cm³/mol. The largest absolute Gasteiger partial charge is 0.379 e. The lowest BCUT2D eigenvalue weighted by Gasteiger charge is -2.30. The summed E-state index contributed by atoms with van der Waals surface area (Å²) in [5.74, 6) is -0.678. The van der Waals surface area contributed by atoms with Crippen LogP contribution in [0.25, 0.3) is 0 Å². The molecule has 2 aromatic carbocycles. The number of nitrogens with one attached hydrogen (secondary N) is 1. The first-order valence-electron chi connectivity index (χ1n) is 10.7. The van der Waals surface area contributed by atoms with Gasteiger partial charge in [-0.05, 0) is 30.2 Å². The van der Waals surface area contributed by atoms with Crippen LogP contribution in [0.2, 0.25) is 0 Å². The molecule has 0 radical (unpaired) electrons. The summed E-state index contributed by atoms with van der Waals surface area (Å²) in [5, 5.41) is 2.95. The van der Waals surface area contributed by atoms with Crippen LogP contribution in [0.4, 0.5) is 4.39 Å². The molecule has 1 N–H and O–H groups in total. The molecule has 2 aromatic rings. The number of carbonyl (C=O) groups is 2. The van der Waals surface area contributed by atoms with E-state index in [9.17, 15) is 14.0 Å². The van der Waals surface area contributed by atoms with Crippen molar-refractivity contribution in [1.29, 1.82) is 0 Å². The van der Waals surface area contributed by atoms with Gasteiger partial charge in [-0.1, -0.05) is 42.5 Å². The molecule has 1 atom stereocenters. The van der Waals surface area contributed by atoms with Crippen molar-refractivity contribution in [2.24, 2.45) is 0 Å². The van der Waals surface area contributed by atoms with E-state index in [1.165, 1.54) is 12.1 Å². The quantitative estimate of drug-likeness (QED) is 0.667. The lowest BCUT2D eigenvalue weighted by atomic mass is 10.1. The molecular weight excluding hydrogens is 397 g/mol. The maximum Gasteiger partial charge on any atom is 0.242 e. The number of halogens is 1. The van der Waals surface area contributed by atoms with E-state index in [-0.39, 0.29) is 30.6 Å². The predicted octanol–water partition coefficient (Wildman–Crippen LogP) is 2.23. The summed E-state index contributed by atoms with van der Waals surface area (Å²) in [5.41, 5.74) is 1.66. The van der Waals surface area contributed by atoms with E-state index in [0.717, 1.165) is 30.8 Å². The van der Waals surface area contributed by atoms with Crippen LogP contribution in [-0.2, 0) is 27.3 Å². The van der Waals surface area contributed by atoms with E-state index >= 15 is 0 Å². The van der Waals surface area contributed by atoms with Crippen LogP contribution in [0.1, 0.15) is 18.1 Å². The second kappa shape index (κ2) is 11.6. The molecule has 1 aliphatic rings. The van der Waals surface area contributed by atoms with E-state index < -0.39 is 6.04 Å². The van der Waals surface area contributed by atoms with Crippen molar-refractivity contribution in [2.45, 2.75) is 25.9 Å². The van der Waals surface area contributed by atoms with E-state index in [0.29, 0.717) is 19.8 Å². The van der Waals surface area contributed by atoms with Gasteiger partial charge in [-0.25, -0.2) is 4.39 Å². The van der Waals surface area contributed by atoms with Crippen molar-refractivity contribution in [3.05, 3.63) is 71.5 Å². The molecule has 166 valence electrons. The lowest BCUT2D eigenvalue weighted by Crippen LogP contribution is -2.49. The Hall–Kier alpha value is -2.77. The molecule has 1 aliphatic heterocycles. The number of amides is 2. The zero-order valence-corrected chi connectivity index (χ0v) is 17.9. The van der Waals surface area contributed by atoms with Crippen LogP contribution < -0.4 is 5.32 Å². The molecule has 0 unspecified atom stereocenters. The molecule has 0 aromatic heterocycles. The summed E-state index contributed by atoms with van der Waals surface area (Å²) in [6.07, 6.45) is 0.202. The summed E-state index contributed by atoms with van der Waals surface area (Å²) < 4.78 is 18.6. The van der Waals surface area contributed by atoms with Crippen LogP contribution in [0.5, 0.6) is 0 Å². The summed E-state index contributed by atoms with van der Waals surface area (Å²) in [6.45, 7) is 6.38. The number of hydrogen-bond acceptors (Lipinski definition) is 4. The van der Waals surface area contributed by atoms with Crippen LogP contribution in [0.15, 0.2) is 54.6 Å². The lowest BCUT2D eigenvalue weighted by molar-refractivity contribution is -0.140. The maximum absolute atomic E-state index is 13.3. The van der Waals surface area contributed by atoms with Gasteiger partial charge in [0.1, 0.15) is 11.9 Å². The molecule has 0 aliphatic carbocycles. The van der Waals surface area contributed by atoms with Crippen molar-refractivity contribution in [1.82, 2.24) is 15.1 Å². The second-order valence-electron chi connectivity index (χ2n) is 7.73. The molecule has 0 bridgehead atoms. The van der Waals surface area contributed by atoms with Gasteiger partial charge < -0.3 is 15.0 Å². The fourth-order valence-electron chi connectivity index (χ4n) is 3.55. The van der Waals surface area contributed by atoms with E-state index in [4.69, 9.17) is 4.74 Å². The molecule has 0 saturated carbocycles. The number of morpholine rings is 1. The third-order valence-electron chi connectivity index (χ3n) is 5.46. The van der Waals surface area contributed by atoms with Gasteiger partial charge in [0.05, 0.1) is 19.6 Å². The first-order valence-corrected chi connectivity index (χ1v) is 10.7. The number of hydrogen-bond donors (Lipinski definition) is 1. The third-order valence-corrected chi connectivity index (χ3v) is 5.46. The summed E-state index contributed by atoms with van der Waals surface area (Å²) in [7, 11) is 0. The standard InChI is InChI=1S/C24H30FN3O3/c1-19(24(30)26-11-12-27-13-15-31-16-14-27)28(18-21-7-9-22(25)10-8-21)23(29)17-20-5-3-2-4-6-20/h2-10,19H,11-18H2,1H3,(H,26,30)/t19-/m0/s1. The summed E-state index contributed by atoms with van der Waals surface area (Å²) in [4.78, 5) is 29.7. The Morgan fingerprint density at radius 1 is 1.06 bits per heavy atom. The van der Waals surface area contributed by atoms with Crippen molar-refractivity contribution >= 4 is 11.8 Å². The number of rotatable bonds is 9. The fraction of sp³-hybridized carbons (Fsp3) is 0.417. The molecule has 0 spiro atoms. The highest BCUT2D eigenvalue weighted by Crippen LogP contribution is 2.13. The van der Waals surface area contributed by atoms with Crippen molar-refractivity contribution < 1.29 is 18.7 Å². The van der Waals surface area contributed by atoms with Gasteiger partial charge in [0.2, 0.25) is 11.8 Å². The minimum atomic E-state index is -0.647. The second-order valence-corrected chi connectivity index (χ2v) is 7.73. The topological polar surface area (TPSA) is 61.9 Å². The third kappa shape index (κ3) is 7.15. The highest BCUT2D eigenvalue weighted by molar-refractivity contribution is 5.88. The van der Waals surface area contributed by atoms with E-state index in [1.54, 1.807) is 24.0 Å². The van der Waals surface area contributed by atoms with Gasteiger partial charge in [0.25, 0.3) is 0 Å². The number of carbonyl (C=O) groups excluding carboxylic acids is 2. The Morgan fingerprint density at radius 3 is 2.42 bits per heavy atom. The van der Waals surface area contributed by atoms with Crippen LogP contribution in [0, 0.1) is 5.82 Å². The van der Waals surface area contributed by atoms with Gasteiger partial charge in [0, 0.05) is 32.7 Å². The summed E-state index contributed by atoms with van der Waals surface area (Å²) in [6, 6.07) is 14.8. The average molecular weight is 428 g/mol. The Kier molecular flexibility index (Phi) is 8.55. The SMILES string of the molecule is C[C@@H](C(=O)NCCN1CCOCC1)N(Cc1ccc(F)cc1)C(=O)Cc1ccccc1. The Bertz CT molecular complexity index is 839. The zero-order valence-electron chi connectivity index (χ0n) is 17.9. The van der Waals surface area contributed by atoms with Gasteiger partial charge in [-0.3, -0.25) is 14.5 Å². The van der Waals surface area contributed by atoms with Crippen LogP contribution >= 0.6 is 0 Å². The Balaban J connectivity index is 1.63. The Labute approximate surface area is 183 Å². The van der Waals surface area contributed by atoms with Crippen LogP contribution in [0.3, 0.4) is 0 Å². The number of ether oxygens (including phenoxy) is 1. The normalized spacial score (nSPS) is 15.3. The maximum atomic E-state index is 13.3. The highest BCUT2D eigenvalue weighted by Gasteiger charge is 2.26. The number of nitrogens with zero attached hydrogens (tertiary/aromatic N) is 2. The molecular formula is C24H30FN3O3. The van der Waals surface area contributed by atoms with Gasteiger partial charge >= 0.3 is 0 Å². The van der Waals surface area contributed by atoms with E-state index in [2.05, 4.69) is 10.2 Å². The molecule has 1 fully saturated rings. The van der Waals surface area contributed by atoms with Crippen molar-refractivity contribution in [3.63, 3.8) is 0 Å². The first-order chi connectivity index (χ1) is 15.0. The minimum absolute atomic E-state index is 0.147. The van der Waals surface area contributed by atoms with Gasteiger partial charge in [-0.15, -0.1) is 0 Å². The molecule has 31 heavy (non-hydrogen) atoms. The smallest absolute Gasteiger partial charge is 0.242 e. The molecule has 1 saturated heterocycles. The Morgan fingerprint density at radius 2 is 1.74 bits per heavy atom. The van der Waals surface area contributed by atoms with Gasteiger partial charge in [-0.2, -0.15) is 0 Å².